The number of thioether (sulfide) groups is 1. The first-order chi connectivity index (χ1) is 5.49. The van der Waals surface area contributed by atoms with Crippen LogP contribution in [0.1, 0.15) is 20.8 Å². The minimum atomic E-state index is 0.0908. The topological polar surface area (TPSA) is 26.9 Å². The zero-order chi connectivity index (χ0) is 9.19. The van der Waals surface area contributed by atoms with Crippen LogP contribution in [-0.2, 0) is 0 Å². The molecule has 3 heteroatoms. The second-order valence-electron chi connectivity index (χ2n) is 3.58. The molecule has 1 heterocycles. The maximum Gasteiger partial charge on any atom is 0.251 e. The average Bonchev–Trinajstić information content (AvgIpc) is 1.91. The van der Waals surface area contributed by atoms with Gasteiger partial charge in [0.2, 0.25) is 0 Å². The van der Waals surface area contributed by atoms with Crippen molar-refractivity contribution >= 4 is 11.8 Å². The number of aromatic nitrogens is 1. The highest BCUT2D eigenvalue weighted by Crippen LogP contribution is 2.28. The number of nitrogens with zero attached hydrogens (tertiary/aromatic N) is 1. The van der Waals surface area contributed by atoms with E-state index in [9.17, 15) is 5.21 Å². The summed E-state index contributed by atoms with van der Waals surface area (Å²) in [7, 11) is 0. The fraction of sp³-hybridized carbons (Fsp3) is 0.444. The van der Waals surface area contributed by atoms with E-state index in [1.807, 2.05) is 12.1 Å². The Kier molecular flexibility index (Phi) is 2.62. The molecule has 0 radical (unpaired) electrons. The standard InChI is InChI=1S/C9H13NOS/c1-9(2,3)12-8-6-4-5-7-10(8)11/h4-7H,1-3H3. The van der Waals surface area contributed by atoms with Gasteiger partial charge in [-0.3, -0.25) is 0 Å². The van der Waals surface area contributed by atoms with Crippen molar-refractivity contribution < 1.29 is 4.73 Å². The fourth-order valence-electron chi connectivity index (χ4n) is 0.805. The van der Waals surface area contributed by atoms with Crippen molar-refractivity contribution in [2.45, 2.75) is 30.5 Å². The molecule has 1 rings (SSSR count). The van der Waals surface area contributed by atoms with Crippen molar-refractivity contribution in [3.8, 4) is 0 Å². The van der Waals surface area contributed by atoms with Crippen LogP contribution in [0.15, 0.2) is 29.4 Å². The third kappa shape index (κ3) is 2.74. The molecule has 0 fully saturated rings. The third-order valence-electron chi connectivity index (χ3n) is 1.20. The van der Waals surface area contributed by atoms with E-state index in [0.717, 1.165) is 9.76 Å². The lowest BCUT2D eigenvalue weighted by atomic mass is 10.3. The van der Waals surface area contributed by atoms with Crippen molar-refractivity contribution in [3.63, 3.8) is 0 Å². The van der Waals surface area contributed by atoms with Crippen LogP contribution in [0, 0.1) is 5.21 Å². The highest BCUT2D eigenvalue weighted by molar-refractivity contribution is 8.00. The van der Waals surface area contributed by atoms with Crippen LogP contribution in [0.4, 0.5) is 0 Å². The van der Waals surface area contributed by atoms with Gasteiger partial charge in [-0.2, -0.15) is 4.73 Å². The quantitative estimate of drug-likeness (QED) is 0.379. The van der Waals surface area contributed by atoms with Crippen LogP contribution >= 0.6 is 11.8 Å². The lowest BCUT2D eigenvalue weighted by Gasteiger charge is -2.15. The minimum absolute atomic E-state index is 0.0908. The Morgan fingerprint density at radius 1 is 1.33 bits per heavy atom. The summed E-state index contributed by atoms with van der Waals surface area (Å²) < 4.78 is 0.990. The minimum Gasteiger partial charge on any atom is -0.618 e. The Labute approximate surface area is 77.2 Å². The highest BCUT2D eigenvalue weighted by Gasteiger charge is 2.17. The van der Waals surface area contributed by atoms with Crippen molar-refractivity contribution in [1.29, 1.82) is 0 Å². The van der Waals surface area contributed by atoms with Gasteiger partial charge in [0.25, 0.3) is 5.03 Å². The Morgan fingerprint density at radius 2 is 2.00 bits per heavy atom. The van der Waals surface area contributed by atoms with Crippen LogP contribution in [-0.4, -0.2) is 4.75 Å². The molecule has 0 amide bonds. The van der Waals surface area contributed by atoms with Crippen LogP contribution in [0.3, 0.4) is 0 Å². The number of hydrogen-bond donors (Lipinski definition) is 0. The number of hydrogen-bond acceptors (Lipinski definition) is 2. The van der Waals surface area contributed by atoms with Gasteiger partial charge in [-0.25, -0.2) is 0 Å². The van der Waals surface area contributed by atoms with Gasteiger partial charge in [-0.1, -0.05) is 32.5 Å². The normalized spacial score (nSPS) is 11.6. The largest absolute Gasteiger partial charge is 0.618 e. The molecule has 1 aromatic rings. The van der Waals surface area contributed by atoms with Gasteiger partial charge in [0.15, 0.2) is 6.20 Å². The Hall–Kier alpha value is -0.700. The van der Waals surface area contributed by atoms with E-state index in [2.05, 4.69) is 20.8 Å². The van der Waals surface area contributed by atoms with E-state index in [1.54, 1.807) is 17.8 Å². The molecule has 2 nitrogen and oxygen atoms in total. The molecule has 0 saturated heterocycles. The molecule has 1 aromatic heterocycles. The summed E-state index contributed by atoms with van der Waals surface area (Å²) in [6.45, 7) is 6.26. The second-order valence-corrected chi connectivity index (χ2v) is 5.43. The van der Waals surface area contributed by atoms with Gasteiger partial charge in [-0.15, -0.1) is 0 Å². The van der Waals surface area contributed by atoms with Crippen molar-refractivity contribution in [2.75, 3.05) is 0 Å². The molecule has 0 aliphatic heterocycles. The first-order valence-electron chi connectivity index (χ1n) is 3.86. The van der Waals surface area contributed by atoms with E-state index >= 15 is 0 Å². The molecular weight excluding hydrogens is 170 g/mol. The van der Waals surface area contributed by atoms with Crippen LogP contribution in [0.5, 0.6) is 0 Å². The van der Waals surface area contributed by atoms with Gasteiger partial charge in [-0.05, 0) is 6.07 Å². The molecule has 0 bridgehead atoms. The predicted octanol–water partition coefficient (Wildman–Crippen LogP) is 2.21. The summed E-state index contributed by atoms with van der Waals surface area (Å²) in [6, 6.07) is 5.45. The summed E-state index contributed by atoms with van der Waals surface area (Å²) in [5.74, 6) is 0. The van der Waals surface area contributed by atoms with Gasteiger partial charge in [0.1, 0.15) is 0 Å². The lowest BCUT2D eigenvalue weighted by Crippen LogP contribution is -2.29. The second kappa shape index (κ2) is 3.35. The Bertz CT molecular complexity index is 267. The third-order valence-corrected chi connectivity index (χ3v) is 2.34. The molecule has 66 valence electrons. The van der Waals surface area contributed by atoms with Gasteiger partial charge < -0.3 is 5.21 Å². The number of rotatable bonds is 1. The van der Waals surface area contributed by atoms with Gasteiger partial charge in [0.05, 0.1) is 0 Å². The molecule has 0 aromatic carbocycles. The Morgan fingerprint density at radius 3 is 2.50 bits per heavy atom. The highest BCUT2D eigenvalue weighted by atomic mass is 32.2. The molecule has 0 spiro atoms. The van der Waals surface area contributed by atoms with E-state index in [0.29, 0.717) is 0 Å². The van der Waals surface area contributed by atoms with Crippen molar-refractivity contribution in [3.05, 3.63) is 29.6 Å². The molecule has 0 N–H and O–H groups in total. The molecule has 0 unspecified atom stereocenters. The summed E-state index contributed by atoms with van der Waals surface area (Å²) >= 11 is 1.58. The Balaban J connectivity index is 2.83. The van der Waals surface area contributed by atoms with Crippen molar-refractivity contribution in [1.82, 2.24) is 0 Å². The van der Waals surface area contributed by atoms with E-state index in [-0.39, 0.29) is 4.75 Å². The summed E-state index contributed by atoms with van der Waals surface area (Å²) in [5, 5.41) is 11.9. The van der Waals surface area contributed by atoms with Gasteiger partial charge in [0, 0.05) is 16.9 Å². The average molecular weight is 183 g/mol. The monoisotopic (exact) mass is 183 g/mol. The van der Waals surface area contributed by atoms with Crippen LogP contribution < -0.4 is 4.73 Å². The fourth-order valence-corrected chi connectivity index (χ4v) is 1.73. The van der Waals surface area contributed by atoms with Crippen molar-refractivity contribution in [2.24, 2.45) is 0 Å². The van der Waals surface area contributed by atoms with Crippen LogP contribution in [0.25, 0.3) is 0 Å². The summed E-state index contributed by atoms with van der Waals surface area (Å²) in [4.78, 5) is 0. The first kappa shape index (κ1) is 9.39. The predicted molar refractivity (Wildman–Crippen MR) is 51.0 cm³/mol. The molecule has 0 aliphatic carbocycles. The SMILES string of the molecule is CC(C)(C)Sc1cccc[n+]1[O-]. The molecular formula is C9H13NOS. The van der Waals surface area contributed by atoms with Gasteiger partial charge >= 0.3 is 0 Å². The molecule has 0 aliphatic rings. The molecule has 0 atom stereocenters. The zero-order valence-electron chi connectivity index (χ0n) is 7.57. The van der Waals surface area contributed by atoms with E-state index in [4.69, 9.17) is 0 Å². The summed E-state index contributed by atoms with van der Waals surface area (Å²) in [6.07, 6.45) is 1.52. The molecule has 0 saturated carbocycles. The smallest absolute Gasteiger partial charge is 0.251 e. The number of pyridine rings is 1. The maximum absolute atomic E-state index is 11.2. The van der Waals surface area contributed by atoms with Crippen LogP contribution in [0.2, 0.25) is 0 Å². The van der Waals surface area contributed by atoms with E-state index in [1.165, 1.54) is 6.20 Å². The summed E-state index contributed by atoms with van der Waals surface area (Å²) in [5.41, 5.74) is 0. The first-order valence-corrected chi connectivity index (χ1v) is 4.68. The molecule has 12 heavy (non-hydrogen) atoms. The lowest BCUT2D eigenvalue weighted by molar-refractivity contribution is -0.645. The maximum atomic E-state index is 11.2. The van der Waals surface area contributed by atoms with E-state index < -0.39 is 0 Å². The zero-order valence-corrected chi connectivity index (χ0v) is 8.39.